The molecule has 0 aliphatic rings. The maximum Gasteiger partial charge on any atom is -0.00930 e. The summed E-state index contributed by atoms with van der Waals surface area (Å²) in [6.45, 7) is 12.1. The molecule has 0 bridgehead atoms. The van der Waals surface area contributed by atoms with Crippen LogP contribution >= 0.6 is 0 Å². The van der Waals surface area contributed by atoms with Crippen LogP contribution < -0.4 is 0 Å². The van der Waals surface area contributed by atoms with Gasteiger partial charge in [-0.2, -0.15) is 0 Å². The fourth-order valence-corrected chi connectivity index (χ4v) is 1.92. The topological polar surface area (TPSA) is 0 Å². The van der Waals surface area contributed by atoms with Crippen LogP contribution in [-0.2, 0) is 0 Å². The van der Waals surface area contributed by atoms with E-state index < -0.39 is 0 Å². The Morgan fingerprint density at radius 1 is 0.938 bits per heavy atom. The highest BCUT2D eigenvalue weighted by atomic mass is 14.1. The molecule has 0 atom stereocenters. The molecule has 16 heavy (non-hydrogen) atoms. The average molecular weight is 214 g/mol. The van der Waals surface area contributed by atoms with Gasteiger partial charge in [-0.05, 0) is 35.8 Å². The first-order valence-electron chi connectivity index (χ1n) is 6.00. The van der Waals surface area contributed by atoms with Gasteiger partial charge in [-0.3, -0.25) is 0 Å². The molecule has 1 aromatic carbocycles. The zero-order valence-corrected chi connectivity index (χ0v) is 10.4. The molecular formula is C16H22. The Morgan fingerprint density at radius 2 is 1.38 bits per heavy atom. The van der Waals surface area contributed by atoms with Crippen LogP contribution in [0.25, 0.3) is 0 Å². The molecule has 0 radical (unpaired) electrons. The summed E-state index contributed by atoms with van der Waals surface area (Å²) in [5, 5.41) is 0. The summed E-state index contributed by atoms with van der Waals surface area (Å²) in [6, 6.07) is 8.96. The van der Waals surface area contributed by atoms with E-state index in [1.54, 1.807) is 0 Å². The van der Waals surface area contributed by atoms with E-state index in [1.165, 1.54) is 11.1 Å². The van der Waals surface area contributed by atoms with Crippen LogP contribution in [0.2, 0.25) is 0 Å². The van der Waals surface area contributed by atoms with Gasteiger partial charge >= 0.3 is 0 Å². The van der Waals surface area contributed by atoms with Gasteiger partial charge in [0.05, 0.1) is 0 Å². The Kier molecular flexibility index (Phi) is 5.04. The van der Waals surface area contributed by atoms with Crippen LogP contribution in [0.5, 0.6) is 0 Å². The minimum absolute atomic E-state index is 0.538. The molecule has 0 spiro atoms. The van der Waals surface area contributed by atoms with E-state index in [0.29, 0.717) is 11.8 Å². The Bertz CT molecular complexity index is 320. The third kappa shape index (κ3) is 3.37. The van der Waals surface area contributed by atoms with Gasteiger partial charge in [-0.25, -0.2) is 0 Å². The van der Waals surface area contributed by atoms with Gasteiger partial charge in [-0.1, -0.05) is 50.3 Å². The summed E-state index contributed by atoms with van der Waals surface area (Å²) in [4.78, 5) is 0. The Labute approximate surface area is 99.7 Å². The lowest BCUT2D eigenvalue weighted by Gasteiger charge is -2.14. The lowest BCUT2D eigenvalue weighted by molar-refractivity contribution is 0.712. The van der Waals surface area contributed by atoms with E-state index in [1.807, 2.05) is 12.2 Å². The average Bonchev–Trinajstić information content (AvgIpc) is 2.29. The van der Waals surface area contributed by atoms with Crippen molar-refractivity contribution in [3.8, 4) is 0 Å². The third-order valence-electron chi connectivity index (χ3n) is 2.98. The Morgan fingerprint density at radius 3 is 1.75 bits per heavy atom. The van der Waals surface area contributed by atoms with Crippen LogP contribution in [0.3, 0.4) is 0 Å². The Hall–Kier alpha value is -1.30. The third-order valence-corrected chi connectivity index (χ3v) is 2.98. The summed E-state index contributed by atoms with van der Waals surface area (Å²) < 4.78 is 0. The summed E-state index contributed by atoms with van der Waals surface area (Å²) in [5.74, 6) is 1.14. The predicted molar refractivity (Wildman–Crippen MR) is 72.9 cm³/mol. The molecule has 0 fully saturated rings. The Balaban J connectivity index is 2.84. The van der Waals surface area contributed by atoms with E-state index >= 15 is 0 Å². The second-order valence-electron chi connectivity index (χ2n) is 4.57. The number of rotatable bonds is 6. The molecule has 0 aliphatic carbocycles. The van der Waals surface area contributed by atoms with Crippen LogP contribution in [0.15, 0.2) is 49.6 Å². The smallest absolute Gasteiger partial charge is 0.00930 e. The van der Waals surface area contributed by atoms with Gasteiger partial charge in [-0.15, -0.1) is 13.2 Å². The highest BCUT2D eigenvalue weighted by Gasteiger charge is 2.08. The van der Waals surface area contributed by atoms with Crippen molar-refractivity contribution in [2.24, 2.45) is 0 Å². The van der Waals surface area contributed by atoms with Crippen molar-refractivity contribution in [2.45, 2.75) is 38.5 Å². The van der Waals surface area contributed by atoms with Crippen LogP contribution in [0.4, 0.5) is 0 Å². The highest BCUT2D eigenvalue weighted by molar-refractivity contribution is 5.27. The molecule has 0 unspecified atom stereocenters. The fraction of sp³-hybridized carbons (Fsp3) is 0.375. The van der Waals surface area contributed by atoms with Crippen molar-refractivity contribution in [2.75, 3.05) is 0 Å². The van der Waals surface area contributed by atoms with Crippen molar-refractivity contribution in [3.63, 3.8) is 0 Å². The standard InChI is InChI=1S/C16H22/c1-5-7-15(8-6-2)16-11-9-14(10-12-16)13(3)4/h5-6,9-13,15H,1-2,7-8H2,3-4H3. The molecule has 0 N–H and O–H groups in total. The molecule has 86 valence electrons. The molecule has 0 heterocycles. The molecule has 1 aromatic rings. The molecule has 1 rings (SSSR count). The van der Waals surface area contributed by atoms with Gasteiger partial charge in [0.1, 0.15) is 0 Å². The monoisotopic (exact) mass is 214 g/mol. The zero-order chi connectivity index (χ0) is 12.0. The molecule has 0 saturated carbocycles. The fourth-order valence-electron chi connectivity index (χ4n) is 1.92. The van der Waals surface area contributed by atoms with Crippen LogP contribution in [0.1, 0.15) is 49.7 Å². The zero-order valence-electron chi connectivity index (χ0n) is 10.4. The van der Waals surface area contributed by atoms with Crippen molar-refractivity contribution < 1.29 is 0 Å². The van der Waals surface area contributed by atoms with E-state index in [9.17, 15) is 0 Å². The van der Waals surface area contributed by atoms with Gasteiger partial charge in [0.25, 0.3) is 0 Å². The van der Waals surface area contributed by atoms with Gasteiger partial charge in [0.2, 0.25) is 0 Å². The van der Waals surface area contributed by atoms with Gasteiger partial charge in [0.15, 0.2) is 0 Å². The van der Waals surface area contributed by atoms with Crippen molar-refractivity contribution in [3.05, 3.63) is 60.7 Å². The molecule has 0 aromatic heterocycles. The molecule has 0 saturated heterocycles. The quantitative estimate of drug-likeness (QED) is 0.581. The van der Waals surface area contributed by atoms with E-state index in [2.05, 4.69) is 51.3 Å². The van der Waals surface area contributed by atoms with E-state index in [0.717, 1.165) is 12.8 Å². The summed E-state index contributed by atoms with van der Waals surface area (Å²) in [6.07, 6.45) is 6.02. The molecule has 0 aliphatic heterocycles. The van der Waals surface area contributed by atoms with Gasteiger partial charge < -0.3 is 0 Å². The maximum atomic E-state index is 3.82. The number of hydrogen-bond acceptors (Lipinski definition) is 0. The first-order valence-corrected chi connectivity index (χ1v) is 6.00. The lowest BCUT2D eigenvalue weighted by atomic mass is 9.90. The summed E-state index contributed by atoms with van der Waals surface area (Å²) in [7, 11) is 0. The maximum absolute atomic E-state index is 3.82. The second-order valence-corrected chi connectivity index (χ2v) is 4.57. The largest absolute Gasteiger partial charge is 0.103 e. The molecule has 0 nitrogen and oxygen atoms in total. The van der Waals surface area contributed by atoms with Gasteiger partial charge in [0, 0.05) is 0 Å². The predicted octanol–water partition coefficient (Wildman–Crippen LogP) is 5.05. The van der Waals surface area contributed by atoms with Crippen molar-refractivity contribution in [1.82, 2.24) is 0 Å². The normalized spacial score (nSPS) is 10.8. The summed E-state index contributed by atoms with van der Waals surface area (Å²) >= 11 is 0. The van der Waals surface area contributed by atoms with Crippen LogP contribution in [-0.4, -0.2) is 0 Å². The van der Waals surface area contributed by atoms with Crippen molar-refractivity contribution >= 4 is 0 Å². The summed E-state index contributed by atoms with van der Waals surface area (Å²) in [5.41, 5.74) is 2.80. The van der Waals surface area contributed by atoms with Crippen LogP contribution in [0, 0.1) is 0 Å². The van der Waals surface area contributed by atoms with Crippen molar-refractivity contribution in [1.29, 1.82) is 0 Å². The first-order chi connectivity index (χ1) is 7.69. The number of hydrogen-bond donors (Lipinski definition) is 0. The second kappa shape index (κ2) is 6.32. The SMILES string of the molecule is C=CCC(CC=C)c1ccc(C(C)C)cc1. The molecular weight excluding hydrogens is 192 g/mol. The lowest BCUT2D eigenvalue weighted by Crippen LogP contribution is -1.97. The minimum atomic E-state index is 0.538. The molecule has 0 amide bonds. The first kappa shape index (κ1) is 12.8. The number of allylic oxidation sites excluding steroid dienone is 2. The number of benzene rings is 1. The van der Waals surface area contributed by atoms with E-state index in [4.69, 9.17) is 0 Å². The van der Waals surface area contributed by atoms with E-state index in [-0.39, 0.29) is 0 Å². The highest BCUT2D eigenvalue weighted by Crippen LogP contribution is 2.25. The molecule has 0 heteroatoms. The minimum Gasteiger partial charge on any atom is -0.103 e.